The van der Waals surface area contributed by atoms with Gasteiger partial charge in [0.1, 0.15) is 0 Å². The fourth-order valence-electron chi connectivity index (χ4n) is 0.408. The number of carboxylic acids is 1. The van der Waals surface area contributed by atoms with Crippen LogP contribution in [0.15, 0.2) is 0 Å². The van der Waals surface area contributed by atoms with E-state index in [1.165, 1.54) is 11.9 Å². The molecule has 0 aliphatic carbocycles. The summed E-state index contributed by atoms with van der Waals surface area (Å²) in [6, 6.07) is -0.683. The Balaban J connectivity index is 3.81. The van der Waals surface area contributed by atoms with E-state index in [0.717, 1.165) is 0 Å². The molecule has 0 rings (SSSR count). The lowest BCUT2D eigenvalue weighted by Gasteiger charge is -2.23. The molecule has 0 aromatic heterocycles. The van der Waals surface area contributed by atoms with Gasteiger partial charge in [0.25, 0.3) is 0 Å². The van der Waals surface area contributed by atoms with Crippen LogP contribution in [0.5, 0.6) is 0 Å². The Bertz CT molecular complexity index is 156. The van der Waals surface area contributed by atoms with E-state index >= 15 is 0 Å². The Hall–Kier alpha value is 0.130. The van der Waals surface area contributed by atoms with Gasteiger partial charge in [0.05, 0.1) is 12.0 Å². The quantitative estimate of drug-likeness (QED) is 0.507. The Labute approximate surface area is 82.8 Å². The van der Waals surface area contributed by atoms with E-state index in [2.05, 4.69) is 17.4 Å². The van der Waals surface area contributed by atoms with Crippen LogP contribution in [-0.4, -0.2) is 22.5 Å². The lowest BCUT2D eigenvalue weighted by Crippen LogP contribution is -2.45. The molecule has 0 spiro atoms. The number of carbonyl (C=O) groups is 1. The fourth-order valence-corrected chi connectivity index (χ4v) is 1.45. The molecule has 0 bridgehead atoms. The van der Waals surface area contributed by atoms with Crippen molar-refractivity contribution in [2.75, 3.05) is 5.75 Å². The monoisotopic (exact) mass is 208 g/mol. The molecule has 72 valence electrons. The fraction of sp³-hybridized carbons (Fsp3) is 0.857. The minimum absolute atomic E-state index is 0.00333. The van der Waals surface area contributed by atoms with Gasteiger partial charge in [0, 0.05) is 10.5 Å². The zero-order chi connectivity index (χ0) is 9.78. The van der Waals surface area contributed by atoms with E-state index in [0.29, 0.717) is 0 Å². The van der Waals surface area contributed by atoms with Gasteiger partial charge in [-0.05, 0) is 20.8 Å². The molecular weight excluding hydrogens is 194 g/mol. The molecule has 1 N–H and O–H groups in total. The third-order valence-electron chi connectivity index (χ3n) is 0.974. The highest BCUT2D eigenvalue weighted by Crippen LogP contribution is 2.20. The number of hydrogen-bond donors (Lipinski definition) is 2. The highest BCUT2D eigenvalue weighted by molar-refractivity contribution is 7.98. The molecular formula is C7H14NO2S2-. The van der Waals surface area contributed by atoms with Crippen LogP contribution < -0.4 is 9.83 Å². The normalized spacial score (nSPS) is 14.3. The lowest BCUT2D eigenvalue weighted by molar-refractivity contribution is -0.307. The molecule has 0 radical (unpaired) electrons. The van der Waals surface area contributed by atoms with E-state index in [1.807, 2.05) is 20.8 Å². The van der Waals surface area contributed by atoms with Crippen molar-refractivity contribution in [3.05, 3.63) is 0 Å². The smallest absolute Gasteiger partial charge is 0.0655 e. The molecule has 0 fully saturated rings. The summed E-state index contributed by atoms with van der Waals surface area (Å²) in [6.45, 7) is 5.99. The number of nitrogens with one attached hydrogen (secondary N) is 1. The van der Waals surface area contributed by atoms with Crippen molar-refractivity contribution in [3.63, 3.8) is 0 Å². The van der Waals surface area contributed by atoms with Crippen molar-refractivity contribution in [1.82, 2.24) is 4.72 Å². The van der Waals surface area contributed by atoms with Gasteiger partial charge in [-0.25, -0.2) is 0 Å². The van der Waals surface area contributed by atoms with Crippen LogP contribution in [0, 0.1) is 0 Å². The molecule has 3 nitrogen and oxygen atoms in total. The Kier molecular flexibility index (Phi) is 5.04. The SMILES string of the molecule is CC(C)(C)SN[C@@H](CS)C(=O)[O-]. The zero-order valence-corrected chi connectivity index (χ0v) is 9.17. The molecule has 5 heteroatoms. The number of rotatable bonds is 4. The minimum atomic E-state index is -1.11. The van der Waals surface area contributed by atoms with E-state index in [4.69, 9.17) is 0 Å². The van der Waals surface area contributed by atoms with Crippen LogP contribution in [0.3, 0.4) is 0 Å². The first-order valence-corrected chi connectivity index (χ1v) is 5.07. The topological polar surface area (TPSA) is 52.2 Å². The summed E-state index contributed by atoms with van der Waals surface area (Å²) < 4.78 is 2.78. The first-order valence-electron chi connectivity index (χ1n) is 3.62. The van der Waals surface area contributed by atoms with Crippen molar-refractivity contribution < 1.29 is 9.90 Å². The number of hydrogen-bond acceptors (Lipinski definition) is 5. The summed E-state index contributed by atoms with van der Waals surface area (Å²) in [7, 11) is 0. The van der Waals surface area contributed by atoms with Crippen molar-refractivity contribution in [3.8, 4) is 0 Å². The predicted octanol–water partition coefficient (Wildman–Crippen LogP) is 0.0710. The molecule has 12 heavy (non-hydrogen) atoms. The molecule has 0 aromatic carbocycles. The molecule has 0 aliphatic rings. The molecule has 0 saturated carbocycles. The predicted molar refractivity (Wildman–Crippen MR) is 53.1 cm³/mol. The van der Waals surface area contributed by atoms with Crippen molar-refractivity contribution in [2.24, 2.45) is 0 Å². The van der Waals surface area contributed by atoms with Crippen LogP contribution in [0.25, 0.3) is 0 Å². The molecule has 0 aromatic rings. The van der Waals surface area contributed by atoms with Gasteiger partial charge in [0.15, 0.2) is 0 Å². The Morgan fingerprint density at radius 1 is 1.67 bits per heavy atom. The highest BCUT2D eigenvalue weighted by atomic mass is 32.2. The van der Waals surface area contributed by atoms with Gasteiger partial charge in [-0.1, -0.05) is 11.9 Å². The van der Waals surface area contributed by atoms with Crippen LogP contribution in [-0.2, 0) is 4.79 Å². The average Bonchev–Trinajstić information content (AvgIpc) is 1.85. The average molecular weight is 208 g/mol. The summed E-state index contributed by atoms with van der Waals surface area (Å²) in [5, 5.41) is 10.4. The lowest BCUT2D eigenvalue weighted by atomic mass is 10.3. The molecule has 0 aliphatic heterocycles. The number of aliphatic carboxylic acids is 1. The van der Waals surface area contributed by atoms with E-state index < -0.39 is 12.0 Å². The van der Waals surface area contributed by atoms with Crippen molar-refractivity contribution in [1.29, 1.82) is 0 Å². The van der Waals surface area contributed by atoms with Crippen LogP contribution >= 0.6 is 24.6 Å². The number of carbonyl (C=O) groups excluding carboxylic acids is 1. The molecule has 0 amide bonds. The van der Waals surface area contributed by atoms with Crippen molar-refractivity contribution >= 4 is 30.5 Å². The van der Waals surface area contributed by atoms with Gasteiger partial charge < -0.3 is 9.90 Å². The Morgan fingerprint density at radius 3 is 2.42 bits per heavy atom. The molecule has 0 saturated heterocycles. The Morgan fingerprint density at radius 2 is 2.17 bits per heavy atom. The highest BCUT2D eigenvalue weighted by Gasteiger charge is 2.14. The second-order valence-corrected chi connectivity index (χ2v) is 5.42. The standard InChI is InChI=1S/C7H15NO2S2/c1-7(2,3)12-8-5(4-11)6(9)10/h5,8,11H,4H2,1-3H3,(H,9,10)/p-1/t5-/m0/s1. The van der Waals surface area contributed by atoms with Gasteiger partial charge >= 0.3 is 0 Å². The van der Waals surface area contributed by atoms with Gasteiger partial charge in [-0.15, -0.1) is 0 Å². The van der Waals surface area contributed by atoms with E-state index in [9.17, 15) is 9.90 Å². The van der Waals surface area contributed by atoms with E-state index in [1.54, 1.807) is 0 Å². The number of thiol groups is 1. The van der Waals surface area contributed by atoms with Crippen LogP contribution in [0.1, 0.15) is 20.8 Å². The molecule has 1 atom stereocenters. The van der Waals surface area contributed by atoms with Crippen LogP contribution in [0.2, 0.25) is 0 Å². The van der Waals surface area contributed by atoms with Gasteiger partial charge in [-0.3, -0.25) is 4.72 Å². The second-order valence-electron chi connectivity index (χ2n) is 3.39. The largest absolute Gasteiger partial charge is 0.548 e. The zero-order valence-electron chi connectivity index (χ0n) is 7.46. The van der Waals surface area contributed by atoms with Gasteiger partial charge in [0.2, 0.25) is 0 Å². The third kappa shape index (κ3) is 5.74. The first kappa shape index (κ1) is 12.1. The minimum Gasteiger partial charge on any atom is -0.548 e. The van der Waals surface area contributed by atoms with Crippen LogP contribution in [0.4, 0.5) is 0 Å². The summed E-state index contributed by atoms with van der Waals surface area (Å²) >= 11 is 5.26. The summed E-state index contributed by atoms with van der Waals surface area (Å²) in [5.74, 6) is -0.868. The maximum atomic E-state index is 10.4. The molecule has 0 heterocycles. The van der Waals surface area contributed by atoms with Gasteiger partial charge in [-0.2, -0.15) is 12.6 Å². The maximum absolute atomic E-state index is 10.4. The number of carboxylic acid groups (broad SMARTS) is 1. The second kappa shape index (κ2) is 4.99. The summed E-state index contributed by atoms with van der Waals surface area (Å²) in [4.78, 5) is 10.4. The summed E-state index contributed by atoms with van der Waals surface area (Å²) in [5.41, 5.74) is 0. The van der Waals surface area contributed by atoms with Crippen molar-refractivity contribution in [2.45, 2.75) is 31.6 Å². The third-order valence-corrected chi connectivity index (χ3v) is 2.35. The maximum Gasteiger partial charge on any atom is 0.0655 e. The van der Waals surface area contributed by atoms with E-state index in [-0.39, 0.29) is 10.5 Å². The summed E-state index contributed by atoms with van der Waals surface area (Å²) in [6.07, 6.45) is 0. The first-order chi connectivity index (χ1) is 5.37. The molecule has 0 unspecified atom stereocenters.